The van der Waals surface area contributed by atoms with Crippen molar-refractivity contribution in [2.24, 2.45) is 5.73 Å². The highest BCUT2D eigenvalue weighted by Gasteiger charge is 2.14. The van der Waals surface area contributed by atoms with Crippen molar-refractivity contribution in [3.05, 3.63) is 35.1 Å². The van der Waals surface area contributed by atoms with E-state index < -0.39 is 12.2 Å². The van der Waals surface area contributed by atoms with Crippen molar-refractivity contribution in [3.63, 3.8) is 0 Å². The Labute approximate surface area is 68.0 Å². The minimum Gasteiger partial charge on any atom is -0.326 e. The van der Waals surface area contributed by atoms with Crippen LogP contribution in [0.25, 0.3) is 0 Å². The van der Waals surface area contributed by atoms with Crippen LogP contribution in [0.15, 0.2) is 18.2 Å². The SMILES string of the molecule is NCc1c(F)cccc1C(F)F. The lowest BCUT2D eigenvalue weighted by molar-refractivity contribution is 0.149. The van der Waals surface area contributed by atoms with Crippen LogP contribution >= 0.6 is 0 Å². The molecule has 12 heavy (non-hydrogen) atoms. The third-order valence-electron chi connectivity index (χ3n) is 1.59. The molecule has 0 aliphatic heterocycles. The molecule has 0 saturated heterocycles. The largest absolute Gasteiger partial charge is 0.326 e. The van der Waals surface area contributed by atoms with Gasteiger partial charge in [-0.15, -0.1) is 0 Å². The molecule has 0 spiro atoms. The highest BCUT2D eigenvalue weighted by atomic mass is 19.3. The lowest BCUT2D eigenvalue weighted by atomic mass is 10.1. The van der Waals surface area contributed by atoms with Gasteiger partial charge in [0.25, 0.3) is 6.43 Å². The topological polar surface area (TPSA) is 26.0 Å². The van der Waals surface area contributed by atoms with Gasteiger partial charge in [0.1, 0.15) is 5.82 Å². The summed E-state index contributed by atoms with van der Waals surface area (Å²) in [5, 5.41) is 0. The first-order valence-electron chi connectivity index (χ1n) is 3.42. The summed E-state index contributed by atoms with van der Waals surface area (Å²) < 4.78 is 37.1. The summed E-state index contributed by atoms with van der Waals surface area (Å²) in [6, 6.07) is 3.54. The second-order valence-corrected chi connectivity index (χ2v) is 2.31. The summed E-state index contributed by atoms with van der Waals surface area (Å²) >= 11 is 0. The average molecular weight is 175 g/mol. The summed E-state index contributed by atoms with van der Waals surface area (Å²) in [7, 11) is 0. The zero-order valence-corrected chi connectivity index (χ0v) is 6.23. The van der Waals surface area contributed by atoms with Gasteiger partial charge in [0.15, 0.2) is 0 Å². The van der Waals surface area contributed by atoms with Crippen molar-refractivity contribution < 1.29 is 13.2 Å². The number of nitrogens with two attached hydrogens (primary N) is 1. The van der Waals surface area contributed by atoms with Crippen LogP contribution in [0.4, 0.5) is 13.2 Å². The molecule has 0 fully saturated rings. The van der Waals surface area contributed by atoms with Crippen molar-refractivity contribution in [2.45, 2.75) is 13.0 Å². The van der Waals surface area contributed by atoms with E-state index in [2.05, 4.69) is 0 Å². The Morgan fingerprint density at radius 2 is 2.00 bits per heavy atom. The Balaban J connectivity index is 3.18. The molecule has 0 aliphatic rings. The van der Waals surface area contributed by atoms with Crippen molar-refractivity contribution in [3.8, 4) is 0 Å². The Hall–Kier alpha value is -1.03. The Kier molecular flexibility index (Phi) is 2.70. The summed E-state index contributed by atoms with van der Waals surface area (Å²) in [5.41, 5.74) is 4.69. The van der Waals surface area contributed by atoms with Gasteiger partial charge in [-0.25, -0.2) is 13.2 Å². The molecule has 66 valence electrons. The molecule has 2 N–H and O–H groups in total. The second kappa shape index (κ2) is 3.58. The molecule has 0 aliphatic carbocycles. The third kappa shape index (κ3) is 1.58. The number of hydrogen-bond acceptors (Lipinski definition) is 1. The van der Waals surface area contributed by atoms with Crippen LogP contribution in [-0.4, -0.2) is 0 Å². The molecule has 0 aromatic heterocycles. The van der Waals surface area contributed by atoms with Gasteiger partial charge < -0.3 is 5.73 Å². The summed E-state index contributed by atoms with van der Waals surface area (Å²) in [5.74, 6) is -0.671. The molecule has 0 bridgehead atoms. The second-order valence-electron chi connectivity index (χ2n) is 2.31. The standard InChI is InChI=1S/C8H8F3N/c9-7-3-1-2-5(8(10)11)6(7)4-12/h1-3,8H,4,12H2. The Morgan fingerprint density at radius 1 is 1.33 bits per heavy atom. The quantitative estimate of drug-likeness (QED) is 0.732. The van der Waals surface area contributed by atoms with Gasteiger partial charge >= 0.3 is 0 Å². The number of rotatable bonds is 2. The zero-order valence-electron chi connectivity index (χ0n) is 6.23. The molecule has 1 aromatic carbocycles. The molecular weight excluding hydrogens is 167 g/mol. The van der Waals surface area contributed by atoms with E-state index in [1.54, 1.807) is 0 Å². The van der Waals surface area contributed by atoms with Crippen LogP contribution in [0.2, 0.25) is 0 Å². The molecule has 0 radical (unpaired) electrons. The first-order chi connectivity index (χ1) is 5.66. The van der Waals surface area contributed by atoms with Gasteiger partial charge in [-0.1, -0.05) is 12.1 Å². The number of hydrogen-bond donors (Lipinski definition) is 1. The Bertz CT molecular complexity index is 273. The van der Waals surface area contributed by atoms with Gasteiger partial charge in [-0.2, -0.15) is 0 Å². The van der Waals surface area contributed by atoms with Crippen LogP contribution in [-0.2, 0) is 6.54 Å². The molecular formula is C8H8F3N. The monoisotopic (exact) mass is 175 g/mol. The minimum atomic E-state index is -2.67. The molecule has 4 heteroatoms. The molecule has 1 aromatic rings. The van der Waals surface area contributed by atoms with E-state index in [9.17, 15) is 13.2 Å². The van der Waals surface area contributed by atoms with E-state index in [-0.39, 0.29) is 17.7 Å². The molecule has 1 nitrogen and oxygen atoms in total. The van der Waals surface area contributed by atoms with Gasteiger partial charge in [0, 0.05) is 17.7 Å². The van der Waals surface area contributed by atoms with E-state index in [0.717, 1.165) is 6.07 Å². The van der Waals surface area contributed by atoms with Crippen molar-refractivity contribution in [1.82, 2.24) is 0 Å². The molecule has 0 saturated carbocycles. The number of benzene rings is 1. The van der Waals surface area contributed by atoms with Crippen LogP contribution in [0.5, 0.6) is 0 Å². The predicted octanol–water partition coefficient (Wildman–Crippen LogP) is 2.22. The normalized spacial score (nSPS) is 10.8. The maximum absolute atomic E-state index is 12.8. The van der Waals surface area contributed by atoms with Crippen LogP contribution in [0.1, 0.15) is 17.6 Å². The lowest BCUT2D eigenvalue weighted by Gasteiger charge is -2.06. The highest BCUT2D eigenvalue weighted by molar-refractivity contribution is 5.29. The van der Waals surface area contributed by atoms with Crippen molar-refractivity contribution >= 4 is 0 Å². The maximum atomic E-state index is 12.8. The molecule has 0 atom stereocenters. The van der Waals surface area contributed by atoms with E-state index in [0.29, 0.717) is 0 Å². The van der Waals surface area contributed by atoms with Crippen LogP contribution in [0, 0.1) is 5.82 Å². The first kappa shape index (κ1) is 9.06. The number of alkyl halides is 2. The fourth-order valence-electron chi connectivity index (χ4n) is 0.995. The zero-order chi connectivity index (χ0) is 9.14. The summed E-state index contributed by atoms with van der Waals surface area (Å²) in [6.07, 6.45) is -2.67. The van der Waals surface area contributed by atoms with Gasteiger partial charge in [0.2, 0.25) is 0 Å². The average Bonchev–Trinajstić information content (AvgIpc) is 2.03. The molecule has 1 rings (SSSR count). The van der Waals surface area contributed by atoms with E-state index in [1.165, 1.54) is 12.1 Å². The van der Waals surface area contributed by atoms with Crippen LogP contribution in [0.3, 0.4) is 0 Å². The minimum absolute atomic E-state index is 0.104. The summed E-state index contributed by atoms with van der Waals surface area (Å²) in [6.45, 7) is -0.202. The van der Waals surface area contributed by atoms with E-state index >= 15 is 0 Å². The van der Waals surface area contributed by atoms with E-state index in [4.69, 9.17) is 5.73 Å². The summed E-state index contributed by atoms with van der Waals surface area (Å²) in [4.78, 5) is 0. The van der Waals surface area contributed by atoms with Gasteiger partial charge in [-0.3, -0.25) is 0 Å². The maximum Gasteiger partial charge on any atom is 0.264 e. The molecule has 0 amide bonds. The van der Waals surface area contributed by atoms with Gasteiger partial charge in [-0.05, 0) is 6.07 Å². The predicted molar refractivity (Wildman–Crippen MR) is 39.2 cm³/mol. The van der Waals surface area contributed by atoms with Crippen LogP contribution < -0.4 is 5.73 Å². The van der Waals surface area contributed by atoms with Crippen molar-refractivity contribution in [2.75, 3.05) is 0 Å². The third-order valence-corrected chi connectivity index (χ3v) is 1.59. The van der Waals surface area contributed by atoms with E-state index in [1.807, 2.05) is 0 Å². The van der Waals surface area contributed by atoms with Gasteiger partial charge in [0.05, 0.1) is 0 Å². The lowest BCUT2D eigenvalue weighted by Crippen LogP contribution is -2.04. The number of halogens is 3. The smallest absolute Gasteiger partial charge is 0.264 e. The fourth-order valence-corrected chi connectivity index (χ4v) is 0.995. The fraction of sp³-hybridized carbons (Fsp3) is 0.250. The van der Waals surface area contributed by atoms with Crippen molar-refractivity contribution in [1.29, 1.82) is 0 Å². The first-order valence-corrected chi connectivity index (χ1v) is 3.42. The highest BCUT2D eigenvalue weighted by Crippen LogP contribution is 2.24. The molecule has 0 unspecified atom stereocenters. The Morgan fingerprint density at radius 3 is 2.42 bits per heavy atom. The molecule has 0 heterocycles.